The molecule has 1 aromatic heterocycles. The van der Waals surface area contributed by atoms with Crippen molar-refractivity contribution in [1.29, 1.82) is 0 Å². The summed E-state index contributed by atoms with van der Waals surface area (Å²) in [6, 6.07) is -0.512. The molecule has 2 aliphatic rings. The lowest BCUT2D eigenvalue weighted by molar-refractivity contribution is -0.145. The summed E-state index contributed by atoms with van der Waals surface area (Å²) in [6.07, 6.45) is 4.77. The number of hydrogen-bond donors (Lipinski definition) is 2. The van der Waals surface area contributed by atoms with Gasteiger partial charge in [-0.2, -0.15) is 0 Å². The Morgan fingerprint density at radius 3 is 2.76 bits per heavy atom. The number of hydrogen-bond acceptors (Lipinski definition) is 6. The van der Waals surface area contributed by atoms with Crippen molar-refractivity contribution in [2.45, 2.75) is 44.1 Å². The quantitative estimate of drug-likeness (QED) is 0.828. The first-order chi connectivity index (χ1) is 10.2. The van der Waals surface area contributed by atoms with Crippen LogP contribution in [0.1, 0.15) is 43.0 Å². The molecule has 2 amide bonds. The lowest BCUT2D eigenvalue weighted by Crippen LogP contribution is -2.42. The molecule has 1 aromatic rings. The largest absolute Gasteiger partial charge is 0.469 e. The fourth-order valence-electron chi connectivity index (χ4n) is 2.65. The van der Waals surface area contributed by atoms with Crippen molar-refractivity contribution >= 4 is 28.5 Å². The van der Waals surface area contributed by atoms with Crippen LogP contribution in [0.5, 0.6) is 0 Å². The van der Waals surface area contributed by atoms with Crippen LogP contribution in [-0.2, 0) is 9.53 Å². The van der Waals surface area contributed by atoms with Crippen LogP contribution in [0.4, 0.5) is 9.93 Å². The van der Waals surface area contributed by atoms with Gasteiger partial charge in [0.25, 0.3) is 0 Å². The summed E-state index contributed by atoms with van der Waals surface area (Å²) in [7, 11) is 1.37. The molecule has 2 aliphatic carbocycles. The van der Waals surface area contributed by atoms with E-state index in [1.54, 1.807) is 0 Å². The minimum Gasteiger partial charge on any atom is -0.469 e. The lowest BCUT2D eigenvalue weighted by Gasteiger charge is -2.18. The summed E-state index contributed by atoms with van der Waals surface area (Å²) >= 11 is 1.42. The van der Waals surface area contributed by atoms with Crippen LogP contribution in [0.2, 0.25) is 0 Å². The number of aromatic nitrogens is 2. The van der Waals surface area contributed by atoms with Crippen molar-refractivity contribution in [2.24, 2.45) is 5.92 Å². The molecule has 0 unspecified atom stereocenters. The molecule has 7 nitrogen and oxygen atoms in total. The van der Waals surface area contributed by atoms with Crippen LogP contribution in [0.15, 0.2) is 0 Å². The number of methoxy groups -OCH3 is 1. The van der Waals surface area contributed by atoms with Crippen molar-refractivity contribution in [3.05, 3.63) is 5.01 Å². The fourth-order valence-corrected chi connectivity index (χ4v) is 3.56. The highest BCUT2D eigenvalue weighted by Gasteiger charge is 2.35. The highest BCUT2D eigenvalue weighted by molar-refractivity contribution is 7.15. The van der Waals surface area contributed by atoms with Gasteiger partial charge in [-0.3, -0.25) is 10.1 Å². The molecule has 0 spiro atoms. The van der Waals surface area contributed by atoms with Gasteiger partial charge in [0, 0.05) is 12.0 Å². The maximum Gasteiger partial charge on any atom is 0.321 e. The van der Waals surface area contributed by atoms with Gasteiger partial charge >= 0.3 is 12.0 Å². The first kappa shape index (κ1) is 14.2. The Labute approximate surface area is 126 Å². The Morgan fingerprint density at radius 1 is 1.24 bits per heavy atom. The second kappa shape index (κ2) is 5.97. The third kappa shape index (κ3) is 3.31. The SMILES string of the molecule is COC(=O)[C@H]1CCC[C@H]1NC(=O)Nc1nnc(C2CC2)s1. The smallest absolute Gasteiger partial charge is 0.321 e. The van der Waals surface area contributed by atoms with Crippen LogP contribution >= 0.6 is 11.3 Å². The molecule has 0 radical (unpaired) electrons. The number of carbonyl (C=O) groups excluding carboxylic acids is 2. The molecule has 1 heterocycles. The van der Waals surface area contributed by atoms with E-state index >= 15 is 0 Å². The minimum absolute atomic E-state index is 0.173. The van der Waals surface area contributed by atoms with Gasteiger partial charge in [-0.1, -0.05) is 17.8 Å². The first-order valence-electron chi connectivity index (χ1n) is 7.16. The third-order valence-electron chi connectivity index (χ3n) is 3.92. The Kier molecular flexibility index (Phi) is 4.05. The van der Waals surface area contributed by atoms with E-state index in [0.717, 1.165) is 37.1 Å². The molecule has 2 N–H and O–H groups in total. The average molecular weight is 310 g/mol. The number of nitrogens with zero attached hydrogens (tertiary/aromatic N) is 2. The molecular weight excluding hydrogens is 292 g/mol. The van der Waals surface area contributed by atoms with E-state index in [1.165, 1.54) is 18.4 Å². The maximum atomic E-state index is 12.0. The zero-order valence-electron chi connectivity index (χ0n) is 11.8. The molecular formula is C13H18N4O3S. The van der Waals surface area contributed by atoms with Gasteiger partial charge in [0.2, 0.25) is 5.13 Å². The van der Waals surface area contributed by atoms with E-state index in [4.69, 9.17) is 4.74 Å². The van der Waals surface area contributed by atoms with Gasteiger partial charge in [0.1, 0.15) is 5.01 Å². The van der Waals surface area contributed by atoms with Crippen LogP contribution in [0.3, 0.4) is 0 Å². The monoisotopic (exact) mass is 310 g/mol. The Balaban J connectivity index is 1.54. The van der Waals surface area contributed by atoms with Gasteiger partial charge < -0.3 is 10.1 Å². The molecule has 3 rings (SSSR count). The van der Waals surface area contributed by atoms with E-state index in [1.807, 2.05) is 0 Å². The lowest BCUT2D eigenvalue weighted by atomic mass is 10.0. The maximum absolute atomic E-state index is 12.0. The number of esters is 1. The number of amides is 2. The van der Waals surface area contributed by atoms with Crippen molar-refractivity contribution in [3.63, 3.8) is 0 Å². The number of ether oxygens (including phenoxy) is 1. The van der Waals surface area contributed by atoms with Crippen LogP contribution in [0.25, 0.3) is 0 Å². The Hall–Kier alpha value is -1.70. The van der Waals surface area contributed by atoms with Crippen LogP contribution < -0.4 is 10.6 Å². The second-order valence-corrected chi connectivity index (χ2v) is 6.49. The molecule has 0 saturated heterocycles. The van der Waals surface area contributed by atoms with Gasteiger partial charge in [-0.05, 0) is 25.7 Å². The number of anilines is 1. The highest BCUT2D eigenvalue weighted by atomic mass is 32.1. The minimum atomic E-state index is -0.339. The topological polar surface area (TPSA) is 93.2 Å². The molecule has 2 fully saturated rings. The first-order valence-corrected chi connectivity index (χ1v) is 7.97. The van der Waals surface area contributed by atoms with Gasteiger partial charge in [0.15, 0.2) is 0 Å². The van der Waals surface area contributed by atoms with Crippen molar-refractivity contribution in [1.82, 2.24) is 15.5 Å². The number of rotatable bonds is 4. The summed E-state index contributed by atoms with van der Waals surface area (Å²) in [5.74, 6) is 0.0154. The summed E-state index contributed by atoms with van der Waals surface area (Å²) < 4.78 is 4.77. The second-order valence-electron chi connectivity index (χ2n) is 5.49. The fraction of sp³-hybridized carbons (Fsp3) is 0.692. The van der Waals surface area contributed by atoms with Crippen LogP contribution in [-0.4, -0.2) is 35.3 Å². The molecule has 0 aromatic carbocycles. The third-order valence-corrected chi connectivity index (χ3v) is 4.93. The molecule has 21 heavy (non-hydrogen) atoms. The summed E-state index contributed by atoms with van der Waals surface area (Å²) in [4.78, 5) is 23.6. The Bertz CT molecular complexity index is 543. The number of urea groups is 1. The molecule has 8 heteroatoms. The molecule has 0 bridgehead atoms. The molecule has 2 atom stereocenters. The number of carbonyl (C=O) groups is 2. The van der Waals surface area contributed by atoms with Gasteiger partial charge in [-0.25, -0.2) is 4.79 Å². The van der Waals surface area contributed by atoms with Crippen molar-refractivity contribution < 1.29 is 14.3 Å². The molecule has 0 aliphatic heterocycles. The summed E-state index contributed by atoms with van der Waals surface area (Å²) in [5, 5.41) is 15.1. The van der Waals surface area contributed by atoms with Crippen molar-refractivity contribution in [3.8, 4) is 0 Å². The standard InChI is InChI=1S/C13H18N4O3S/c1-20-11(18)8-3-2-4-9(8)14-12(19)15-13-17-16-10(21-13)7-5-6-7/h7-9H,2-6H2,1H3,(H2,14,15,17,19)/t8-,9+/m0/s1. The van der Waals surface area contributed by atoms with Gasteiger partial charge in [-0.15, -0.1) is 10.2 Å². The summed E-state index contributed by atoms with van der Waals surface area (Å²) in [5.41, 5.74) is 0. The molecule has 114 valence electrons. The normalized spacial score (nSPS) is 24.6. The Morgan fingerprint density at radius 2 is 2.05 bits per heavy atom. The van der Waals surface area contributed by atoms with Crippen LogP contribution in [0, 0.1) is 5.92 Å². The highest BCUT2D eigenvalue weighted by Crippen LogP contribution is 2.42. The van der Waals surface area contributed by atoms with Crippen molar-refractivity contribution in [2.75, 3.05) is 12.4 Å². The van der Waals surface area contributed by atoms with E-state index in [2.05, 4.69) is 20.8 Å². The zero-order valence-corrected chi connectivity index (χ0v) is 12.6. The summed E-state index contributed by atoms with van der Waals surface area (Å²) in [6.45, 7) is 0. The average Bonchev–Trinajstić information content (AvgIpc) is 3.05. The predicted molar refractivity (Wildman–Crippen MR) is 77.2 cm³/mol. The molecule has 2 saturated carbocycles. The van der Waals surface area contributed by atoms with E-state index in [9.17, 15) is 9.59 Å². The van der Waals surface area contributed by atoms with E-state index in [0.29, 0.717) is 11.0 Å². The van der Waals surface area contributed by atoms with E-state index in [-0.39, 0.29) is 24.0 Å². The van der Waals surface area contributed by atoms with Gasteiger partial charge in [0.05, 0.1) is 13.0 Å². The number of nitrogens with one attached hydrogen (secondary N) is 2. The predicted octanol–water partition coefficient (Wildman–Crippen LogP) is 1.88. The van der Waals surface area contributed by atoms with E-state index < -0.39 is 0 Å². The zero-order chi connectivity index (χ0) is 14.8.